The van der Waals surface area contributed by atoms with Gasteiger partial charge in [-0.1, -0.05) is 36.4 Å². The van der Waals surface area contributed by atoms with Crippen LogP contribution in [-0.4, -0.2) is 23.3 Å². The van der Waals surface area contributed by atoms with Gasteiger partial charge in [-0.15, -0.1) is 0 Å². The highest BCUT2D eigenvalue weighted by Gasteiger charge is 2.11. The third-order valence-electron chi connectivity index (χ3n) is 4.29. The number of nitrogens with zero attached hydrogens (tertiary/aromatic N) is 1. The zero-order chi connectivity index (χ0) is 19.1. The topological polar surface area (TPSA) is 51.6 Å². The van der Waals surface area contributed by atoms with Crippen LogP contribution in [0.1, 0.15) is 23.2 Å². The molecular weight excluding hydrogens is 338 g/mol. The molecule has 0 amide bonds. The number of para-hydroxylation sites is 1. The molecule has 2 aromatic carbocycles. The monoisotopic (exact) mass is 363 g/mol. The van der Waals surface area contributed by atoms with Gasteiger partial charge < -0.3 is 14.6 Å². The number of benzene rings is 2. The van der Waals surface area contributed by atoms with Crippen LogP contribution in [0.3, 0.4) is 0 Å². The van der Waals surface area contributed by atoms with E-state index in [4.69, 9.17) is 14.6 Å². The third-order valence-corrected chi connectivity index (χ3v) is 4.29. The molecule has 0 aliphatic heterocycles. The average Bonchev–Trinajstić information content (AvgIpc) is 2.67. The Labute approximate surface area is 160 Å². The van der Waals surface area contributed by atoms with Gasteiger partial charge in [-0.3, -0.25) is 0 Å². The summed E-state index contributed by atoms with van der Waals surface area (Å²) >= 11 is 0. The van der Waals surface area contributed by atoms with Gasteiger partial charge in [-0.05, 0) is 48.7 Å². The first-order valence-corrected chi connectivity index (χ1v) is 9.16. The molecular formula is C23H25NO3. The Morgan fingerprint density at radius 1 is 0.926 bits per heavy atom. The summed E-state index contributed by atoms with van der Waals surface area (Å²) in [5.41, 5.74) is 5.39. The summed E-state index contributed by atoms with van der Waals surface area (Å²) in [6.07, 6.45) is 0.602. The van der Waals surface area contributed by atoms with Crippen LogP contribution in [0.15, 0.2) is 60.7 Å². The van der Waals surface area contributed by atoms with Crippen molar-refractivity contribution >= 4 is 0 Å². The van der Waals surface area contributed by atoms with Gasteiger partial charge in [0.1, 0.15) is 12.4 Å². The fourth-order valence-electron chi connectivity index (χ4n) is 3.05. The minimum Gasteiger partial charge on any atom is -0.489 e. The third kappa shape index (κ3) is 5.08. The van der Waals surface area contributed by atoms with Gasteiger partial charge in [-0.2, -0.15) is 0 Å². The second-order valence-electron chi connectivity index (χ2n) is 6.47. The molecule has 3 rings (SSSR count). The minimum absolute atomic E-state index is 0.119. The van der Waals surface area contributed by atoms with E-state index in [1.165, 1.54) is 0 Å². The van der Waals surface area contributed by atoms with Crippen LogP contribution in [0, 0.1) is 13.8 Å². The molecule has 0 spiro atoms. The summed E-state index contributed by atoms with van der Waals surface area (Å²) in [4.78, 5) is 4.57. The molecule has 4 nitrogen and oxygen atoms in total. The average molecular weight is 363 g/mol. The van der Waals surface area contributed by atoms with E-state index < -0.39 is 0 Å². The van der Waals surface area contributed by atoms with Crippen molar-refractivity contribution in [1.29, 1.82) is 0 Å². The summed E-state index contributed by atoms with van der Waals surface area (Å²) in [6.45, 7) is 5.16. The second-order valence-corrected chi connectivity index (χ2v) is 6.47. The summed E-state index contributed by atoms with van der Waals surface area (Å²) in [7, 11) is 0. The molecule has 4 heteroatoms. The summed E-state index contributed by atoms with van der Waals surface area (Å²) in [5, 5.41) is 8.88. The van der Waals surface area contributed by atoms with Crippen molar-refractivity contribution in [2.45, 2.75) is 26.9 Å². The molecule has 0 atom stereocenters. The fraction of sp³-hybridized carbons (Fsp3) is 0.261. The van der Waals surface area contributed by atoms with E-state index in [0.717, 1.165) is 33.7 Å². The molecule has 0 fully saturated rings. The highest BCUT2D eigenvalue weighted by Crippen LogP contribution is 2.29. The van der Waals surface area contributed by atoms with Crippen LogP contribution in [0.25, 0.3) is 11.1 Å². The van der Waals surface area contributed by atoms with E-state index in [1.54, 1.807) is 0 Å². The smallest absolute Gasteiger partial charge is 0.213 e. The molecule has 0 radical (unpaired) electrons. The van der Waals surface area contributed by atoms with Crippen LogP contribution in [0.2, 0.25) is 0 Å². The van der Waals surface area contributed by atoms with Crippen molar-refractivity contribution in [2.24, 2.45) is 0 Å². The largest absolute Gasteiger partial charge is 0.489 e. The number of aliphatic hydroxyl groups excluding tert-OH is 1. The minimum atomic E-state index is 0.119. The van der Waals surface area contributed by atoms with Crippen LogP contribution in [0.5, 0.6) is 11.6 Å². The molecule has 27 heavy (non-hydrogen) atoms. The molecule has 1 aromatic heterocycles. The number of pyridine rings is 1. The number of aliphatic hydroxyl groups is 1. The maximum atomic E-state index is 8.88. The highest BCUT2D eigenvalue weighted by atomic mass is 16.5. The Bertz CT molecular complexity index is 855. The predicted octanol–water partition coefficient (Wildman–Crippen LogP) is 4.71. The number of aromatic nitrogens is 1. The molecule has 0 saturated carbocycles. The van der Waals surface area contributed by atoms with E-state index >= 15 is 0 Å². The number of rotatable bonds is 8. The van der Waals surface area contributed by atoms with Crippen molar-refractivity contribution in [3.8, 4) is 22.8 Å². The van der Waals surface area contributed by atoms with Crippen LogP contribution >= 0.6 is 0 Å². The van der Waals surface area contributed by atoms with Crippen LogP contribution in [0.4, 0.5) is 0 Å². The van der Waals surface area contributed by atoms with E-state index in [2.05, 4.69) is 30.1 Å². The lowest BCUT2D eigenvalue weighted by molar-refractivity contribution is 0.229. The number of aryl methyl sites for hydroxylation is 2. The zero-order valence-electron chi connectivity index (χ0n) is 15.8. The highest BCUT2D eigenvalue weighted by molar-refractivity contribution is 5.70. The van der Waals surface area contributed by atoms with Gasteiger partial charge in [0.05, 0.1) is 6.61 Å². The van der Waals surface area contributed by atoms with Crippen LogP contribution < -0.4 is 9.47 Å². The van der Waals surface area contributed by atoms with E-state index in [-0.39, 0.29) is 6.61 Å². The lowest BCUT2D eigenvalue weighted by Gasteiger charge is -2.14. The summed E-state index contributed by atoms with van der Waals surface area (Å²) in [5.74, 6) is 1.46. The summed E-state index contributed by atoms with van der Waals surface area (Å²) < 4.78 is 11.5. The van der Waals surface area contributed by atoms with E-state index in [0.29, 0.717) is 25.5 Å². The lowest BCUT2D eigenvalue weighted by Crippen LogP contribution is -2.03. The van der Waals surface area contributed by atoms with Gasteiger partial charge in [0.15, 0.2) is 0 Å². The Morgan fingerprint density at radius 3 is 2.48 bits per heavy atom. The van der Waals surface area contributed by atoms with Crippen molar-refractivity contribution in [3.05, 3.63) is 77.5 Å². The molecule has 0 unspecified atom stereocenters. The first kappa shape index (κ1) is 18.9. The molecule has 1 heterocycles. The molecule has 0 aliphatic rings. The Hall–Kier alpha value is -2.85. The van der Waals surface area contributed by atoms with Gasteiger partial charge >= 0.3 is 0 Å². The quantitative estimate of drug-likeness (QED) is 0.589. The number of ether oxygens (including phenoxy) is 2. The van der Waals surface area contributed by atoms with Crippen molar-refractivity contribution in [1.82, 2.24) is 4.98 Å². The van der Waals surface area contributed by atoms with Crippen molar-refractivity contribution in [2.75, 3.05) is 13.2 Å². The van der Waals surface area contributed by atoms with E-state index in [1.807, 2.05) is 49.4 Å². The first-order chi connectivity index (χ1) is 13.2. The Kier molecular flexibility index (Phi) is 6.44. The molecule has 3 aromatic rings. The van der Waals surface area contributed by atoms with Gasteiger partial charge in [-0.25, -0.2) is 4.98 Å². The van der Waals surface area contributed by atoms with Crippen molar-refractivity contribution in [3.63, 3.8) is 0 Å². The standard InChI is InChI=1S/C23H25NO3/c1-17-14-22(26-13-7-12-25)24-18(2)23(17)20-9-6-8-19(15-20)16-27-21-10-4-3-5-11-21/h3-6,8-11,14-15,25H,7,12-13,16H2,1-2H3. The predicted molar refractivity (Wildman–Crippen MR) is 107 cm³/mol. The molecule has 0 saturated heterocycles. The fourth-order valence-corrected chi connectivity index (χ4v) is 3.05. The lowest BCUT2D eigenvalue weighted by atomic mass is 9.98. The van der Waals surface area contributed by atoms with Crippen LogP contribution in [-0.2, 0) is 6.61 Å². The maximum Gasteiger partial charge on any atom is 0.213 e. The summed E-state index contributed by atoms with van der Waals surface area (Å²) in [6, 6.07) is 20.1. The van der Waals surface area contributed by atoms with E-state index in [9.17, 15) is 0 Å². The molecule has 140 valence electrons. The number of hydrogen-bond acceptors (Lipinski definition) is 4. The van der Waals surface area contributed by atoms with Crippen molar-refractivity contribution < 1.29 is 14.6 Å². The van der Waals surface area contributed by atoms with Gasteiger partial charge in [0, 0.05) is 30.4 Å². The number of hydrogen-bond donors (Lipinski definition) is 1. The molecule has 0 bridgehead atoms. The zero-order valence-corrected chi connectivity index (χ0v) is 15.8. The van der Waals surface area contributed by atoms with Gasteiger partial charge in [0.2, 0.25) is 5.88 Å². The van der Waals surface area contributed by atoms with Gasteiger partial charge in [0.25, 0.3) is 0 Å². The molecule has 0 aliphatic carbocycles. The normalized spacial score (nSPS) is 10.6. The Morgan fingerprint density at radius 2 is 1.74 bits per heavy atom. The SMILES string of the molecule is Cc1cc(OCCCO)nc(C)c1-c1cccc(COc2ccccc2)c1. The maximum absolute atomic E-state index is 8.88. The second kappa shape index (κ2) is 9.19. The first-order valence-electron chi connectivity index (χ1n) is 9.16. The molecule has 1 N–H and O–H groups in total. The Balaban J connectivity index is 1.77.